The molecule has 26 heavy (non-hydrogen) atoms. The first kappa shape index (κ1) is 18.5. The normalized spacial score (nSPS) is 20.0. The van der Waals surface area contributed by atoms with Gasteiger partial charge in [0, 0.05) is 11.3 Å². The van der Waals surface area contributed by atoms with Gasteiger partial charge in [-0.05, 0) is 32.0 Å². The highest BCUT2D eigenvalue weighted by Crippen LogP contribution is 2.08. The van der Waals surface area contributed by atoms with Gasteiger partial charge in [0.1, 0.15) is 38.5 Å². The molecule has 0 radical (unpaired) electrons. The van der Waals surface area contributed by atoms with Crippen LogP contribution >= 0.6 is 0 Å². The van der Waals surface area contributed by atoms with Crippen LogP contribution in [0.15, 0.2) is 42.5 Å². The highest BCUT2D eigenvalue weighted by atomic mass is 19.1. The summed E-state index contributed by atoms with van der Waals surface area (Å²) in [7, 11) is 0. The van der Waals surface area contributed by atoms with Crippen LogP contribution in [0.4, 0.5) is 10.1 Å². The van der Waals surface area contributed by atoms with Crippen molar-refractivity contribution in [1.82, 2.24) is 0 Å². The summed E-state index contributed by atoms with van der Waals surface area (Å²) in [5.41, 5.74) is 4.55. The van der Waals surface area contributed by atoms with Crippen LogP contribution in [0.5, 0.6) is 0 Å². The molecule has 4 nitrogen and oxygen atoms in total. The average Bonchev–Trinajstić information content (AvgIpc) is 2.55. The van der Waals surface area contributed by atoms with Crippen molar-refractivity contribution < 1.29 is 19.0 Å². The molecule has 138 valence electrons. The third-order valence-corrected chi connectivity index (χ3v) is 4.92. The number of benzene rings is 2. The lowest BCUT2D eigenvalue weighted by Gasteiger charge is -2.29. The van der Waals surface area contributed by atoms with Crippen LogP contribution in [0.25, 0.3) is 0 Å². The second kappa shape index (κ2) is 8.43. The second-order valence-electron chi connectivity index (χ2n) is 7.41. The van der Waals surface area contributed by atoms with Gasteiger partial charge in [0.25, 0.3) is 5.91 Å². The van der Waals surface area contributed by atoms with E-state index < -0.39 is 0 Å². The van der Waals surface area contributed by atoms with Gasteiger partial charge in [0.2, 0.25) is 0 Å². The molecule has 0 bridgehead atoms. The molecule has 1 fully saturated rings. The standard InChI is InChI=1S/C21H26FN3O/c1-16-10-17(2)12-18(11-16)14-24-6-8-25(9-7-24)15-21(26)23-20-5-3-4-19(22)13-20/h3-5,10-13H,6-9,14-15H2,1-2H3,(H,23,26)/p+2. The van der Waals surface area contributed by atoms with Gasteiger partial charge < -0.3 is 15.1 Å². The van der Waals surface area contributed by atoms with E-state index in [0.29, 0.717) is 12.2 Å². The number of hydrogen-bond acceptors (Lipinski definition) is 1. The minimum atomic E-state index is -0.334. The van der Waals surface area contributed by atoms with E-state index in [1.54, 1.807) is 17.0 Å². The van der Waals surface area contributed by atoms with Crippen molar-refractivity contribution in [3.63, 3.8) is 0 Å². The van der Waals surface area contributed by atoms with Gasteiger partial charge in [-0.1, -0.05) is 35.4 Å². The predicted molar refractivity (Wildman–Crippen MR) is 101 cm³/mol. The van der Waals surface area contributed by atoms with Crippen LogP contribution in [0.3, 0.4) is 0 Å². The number of carbonyl (C=O) groups excluding carboxylic acids is 1. The summed E-state index contributed by atoms with van der Waals surface area (Å²) in [6.45, 7) is 9.87. The number of piperazine rings is 1. The minimum absolute atomic E-state index is 0.0524. The molecular formula is C21H28FN3O+2. The molecule has 1 saturated heterocycles. The Morgan fingerprint density at radius 1 is 1.00 bits per heavy atom. The van der Waals surface area contributed by atoms with Crippen molar-refractivity contribution in [2.75, 3.05) is 38.0 Å². The second-order valence-corrected chi connectivity index (χ2v) is 7.41. The minimum Gasteiger partial charge on any atom is -0.322 e. The molecule has 2 aromatic carbocycles. The van der Waals surface area contributed by atoms with Gasteiger partial charge in [0.05, 0.1) is 0 Å². The maximum Gasteiger partial charge on any atom is 0.279 e. The number of carbonyl (C=O) groups is 1. The Bertz CT molecular complexity index is 749. The van der Waals surface area contributed by atoms with Crippen LogP contribution in [0, 0.1) is 19.7 Å². The van der Waals surface area contributed by atoms with Gasteiger partial charge in [-0.25, -0.2) is 4.39 Å². The first-order valence-electron chi connectivity index (χ1n) is 9.27. The van der Waals surface area contributed by atoms with Crippen molar-refractivity contribution in [1.29, 1.82) is 0 Å². The lowest BCUT2D eigenvalue weighted by molar-refractivity contribution is -1.02. The molecule has 3 rings (SSSR count). The number of anilines is 1. The highest BCUT2D eigenvalue weighted by molar-refractivity contribution is 5.91. The molecular weight excluding hydrogens is 329 g/mol. The zero-order chi connectivity index (χ0) is 18.5. The first-order chi connectivity index (χ1) is 12.5. The number of amides is 1. The number of rotatable bonds is 5. The lowest BCUT2D eigenvalue weighted by atomic mass is 10.1. The van der Waals surface area contributed by atoms with Crippen molar-refractivity contribution in [2.24, 2.45) is 0 Å². The van der Waals surface area contributed by atoms with Gasteiger partial charge >= 0.3 is 0 Å². The third kappa shape index (κ3) is 5.38. The van der Waals surface area contributed by atoms with Gasteiger partial charge in [-0.2, -0.15) is 0 Å². The van der Waals surface area contributed by atoms with Gasteiger partial charge in [-0.3, -0.25) is 4.79 Å². The Morgan fingerprint density at radius 2 is 1.65 bits per heavy atom. The first-order valence-corrected chi connectivity index (χ1v) is 9.27. The monoisotopic (exact) mass is 357 g/mol. The Balaban J connectivity index is 1.45. The summed E-state index contributed by atoms with van der Waals surface area (Å²) < 4.78 is 13.2. The highest BCUT2D eigenvalue weighted by Gasteiger charge is 2.25. The smallest absolute Gasteiger partial charge is 0.279 e. The Kier molecular flexibility index (Phi) is 6.01. The van der Waals surface area contributed by atoms with E-state index in [-0.39, 0.29) is 11.7 Å². The number of quaternary nitrogens is 2. The Labute approximate surface area is 154 Å². The molecule has 0 spiro atoms. The van der Waals surface area contributed by atoms with Crippen LogP contribution in [0.2, 0.25) is 0 Å². The molecule has 0 aliphatic carbocycles. The topological polar surface area (TPSA) is 38.0 Å². The maximum atomic E-state index is 13.2. The average molecular weight is 357 g/mol. The van der Waals surface area contributed by atoms with E-state index >= 15 is 0 Å². The summed E-state index contributed by atoms with van der Waals surface area (Å²) in [6, 6.07) is 12.8. The van der Waals surface area contributed by atoms with Gasteiger partial charge in [0.15, 0.2) is 6.54 Å². The summed E-state index contributed by atoms with van der Waals surface area (Å²) in [5.74, 6) is -0.387. The van der Waals surface area contributed by atoms with Crippen molar-refractivity contribution in [2.45, 2.75) is 20.4 Å². The summed E-state index contributed by atoms with van der Waals surface area (Å²) >= 11 is 0. The number of nitrogens with one attached hydrogen (secondary N) is 3. The molecule has 1 aliphatic rings. The number of hydrogen-bond donors (Lipinski definition) is 3. The van der Waals surface area contributed by atoms with Crippen LogP contribution in [-0.4, -0.2) is 38.6 Å². The fourth-order valence-corrected chi connectivity index (χ4v) is 3.77. The van der Waals surface area contributed by atoms with Crippen molar-refractivity contribution in [3.05, 3.63) is 65.0 Å². The van der Waals surface area contributed by atoms with Crippen molar-refractivity contribution >= 4 is 11.6 Å². The zero-order valence-corrected chi connectivity index (χ0v) is 15.6. The van der Waals surface area contributed by atoms with Crippen LogP contribution < -0.4 is 15.1 Å². The quantitative estimate of drug-likeness (QED) is 0.711. The third-order valence-electron chi connectivity index (χ3n) is 4.92. The summed E-state index contributed by atoms with van der Waals surface area (Å²) in [5, 5.41) is 2.79. The fourth-order valence-electron chi connectivity index (χ4n) is 3.77. The summed E-state index contributed by atoms with van der Waals surface area (Å²) in [6.07, 6.45) is 0. The number of aryl methyl sites for hydroxylation is 2. The SMILES string of the molecule is Cc1cc(C)cc(C[NH+]2CC[NH+](CC(=O)Nc3cccc(F)c3)CC2)c1. The van der Waals surface area contributed by atoms with E-state index in [0.717, 1.165) is 32.7 Å². The van der Waals surface area contributed by atoms with Gasteiger partial charge in [-0.15, -0.1) is 0 Å². The molecule has 0 unspecified atom stereocenters. The zero-order valence-electron chi connectivity index (χ0n) is 15.6. The lowest BCUT2D eigenvalue weighted by Crippen LogP contribution is -3.28. The predicted octanol–water partition coefficient (Wildman–Crippen LogP) is 0.365. The molecule has 0 saturated carbocycles. The van der Waals surface area contributed by atoms with Crippen LogP contribution in [0.1, 0.15) is 16.7 Å². The number of halogens is 1. The maximum absolute atomic E-state index is 13.2. The van der Waals surface area contributed by atoms with E-state index in [1.165, 1.54) is 33.7 Å². The van der Waals surface area contributed by atoms with E-state index in [2.05, 4.69) is 37.4 Å². The Hall–Kier alpha value is -2.24. The molecule has 0 aromatic heterocycles. The molecule has 3 N–H and O–H groups in total. The molecule has 5 heteroatoms. The van der Waals surface area contributed by atoms with E-state index in [9.17, 15) is 9.18 Å². The van der Waals surface area contributed by atoms with Crippen molar-refractivity contribution in [3.8, 4) is 0 Å². The Morgan fingerprint density at radius 3 is 2.31 bits per heavy atom. The fraction of sp³-hybridized carbons (Fsp3) is 0.381. The van der Waals surface area contributed by atoms with E-state index in [4.69, 9.17) is 0 Å². The molecule has 2 aromatic rings. The molecule has 1 heterocycles. The molecule has 1 amide bonds. The van der Waals surface area contributed by atoms with Crippen LogP contribution in [-0.2, 0) is 11.3 Å². The summed E-state index contributed by atoms with van der Waals surface area (Å²) in [4.78, 5) is 15.0. The largest absolute Gasteiger partial charge is 0.322 e. The molecule has 1 aliphatic heterocycles. The molecule has 0 atom stereocenters. The van der Waals surface area contributed by atoms with E-state index in [1.807, 2.05) is 0 Å².